The highest BCUT2D eigenvalue weighted by atomic mass is 16.5. The molecule has 55 heavy (non-hydrogen) atoms. The van der Waals surface area contributed by atoms with Crippen LogP contribution in [-0.2, 0) is 0 Å². The fourth-order valence-electron chi connectivity index (χ4n) is 5.91. The molecule has 0 spiro atoms. The van der Waals surface area contributed by atoms with Gasteiger partial charge in [0.1, 0.15) is 23.0 Å². The van der Waals surface area contributed by atoms with Gasteiger partial charge in [0.05, 0.1) is 34.9 Å². The molecule has 0 radical (unpaired) electrons. The molecule has 0 aliphatic heterocycles. The van der Waals surface area contributed by atoms with Gasteiger partial charge in [-0.15, -0.1) is 0 Å². The van der Waals surface area contributed by atoms with Gasteiger partial charge in [0.15, 0.2) is 0 Å². The molecule has 0 N–H and O–H groups in total. The summed E-state index contributed by atoms with van der Waals surface area (Å²) in [5, 5.41) is 8.91. The van der Waals surface area contributed by atoms with Crippen molar-refractivity contribution >= 4 is 17.9 Å². The quantitative estimate of drug-likeness (QED) is 0.0441. The number of unbranched alkanes of at least 4 members (excludes halogenated alkanes) is 10. The highest BCUT2D eigenvalue weighted by Crippen LogP contribution is 2.25. The number of hydrogen-bond donors (Lipinski definition) is 0. The summed E-state index contributed by atoms with van der Waals surface area (Å²) in [6, 6.07) is 35.4. The van der Waals surface area contributed by atoms with Crippen LogP contribution in [0.1, 0.15) is 114 Å². The van der Waals surface area contributed by atoms with E-state index in [1.807, 2.05) is 18.2 Å². The van der Waals surface area contributed by atoms with Crippen LogP contribution < -0.4 is 18.9 Å². The Balaban J connectivity index is 1.01. The lowest BCUT2D eigenvalue weighted by Gasteiger charge is -2.09. The smallest absolute Gasteiger partial charge is 0.343 e. The van der Waals surface area contributed by atoms with Crippen molar-refractivity contribution in [1.82, 2.24) is 0 Å². The minimum Gasteiger partial charge on any atom is -0.494 e. The molecule has 0 aliphatic rings. The van der Waals surface area contributed by atoms with Gasteiger partial charge in [-0.1, -0.05) is 95.4 Å². The molecule has 0 unspecified atom stereocenters. The molecule has 8 heteroatoms. The molecule has 5 rings (SSSR count). The van der Waals surface area contributed by atoms with Crippen molar-refractivity contribution < 1.29 is 33.3 Å². The number of nitriles is 1. The summed E-state index contributed by atoms with van der Waals surface area (Å²) < 4.78 is 22.3. The van der Waals surface area contributed by atoms with Crippen LogP contribution >= 0.6 is 0 Å². The van der Waals surface area contributed by atoms with Crippen molar-refractivity contribution in [1.29, 1.82) is 5.26 Å². The standard InChI is InChI=1S/C47H47NO7/c1-2-3-4-5-6-7-8-9-10-11-12-33-52-41-27-21-39(22-28-41)46(50)54-43-29-19-37(20-30-43)36-15-17-38(18-16-36)45(49)55-44-31-23-40(24-32-44)47(51)53-42-25-13-35(34-48)14-26-42/h13-32H,2-12,33H2,1H3. The summed E-state index contributed by atoms with van der Waals surface area (Å²) >= 11 is 0. The predicted molar refractivity (Wildman–Crippen MR) is 213 cm³/mol. The normalized spacial score (nSPS) is 10.6. The summed E-state index contributed by atoms with van der Waals surface area (Å²) in [5.74, 6) is 0.158. The largest absolute Gasteiger partial charge is 0.494 e. The van der Waals surface area contributed by atoms with E-state index < -0.39 is 17.9 Å². The lowest BCUT2D eigenvalue weighted by atomic mass is 10.0. The van der Waals surface area contributed by atoms with Crippen LogP contribution in [0.25, 0.3) is 11.1 Å². The summed E-state index contributed by atoms with van der Waals surface area (Å²) in [6.45, 7) is 2.92. The van der Waals surface area contributed by atoms with Crippen LogP contribution in [0, 0.1) is 11.3 Å². The third kappa shape index (κ3) is 13.0. The highest BCUT2D eigenvalue weighted by molar-refractivity contribution is 5.93. The summed E-state index contributed by atoms with van der Waals surface area (Å²) in [4.78, 5) is 38.1. The van der Waals surface area contributed by atoms with Crippen LogP contribution in [0.3, 0.4) is 0 Å². The number of esters is 3. The molecule has 0 saturated heterocycles. The molecule has 0 bridgehead atoms. The second-order valence-electron chi connectivity index (χ2n) is 13.3. The van der Waals surface area contributed by atoms with Crippen LogP contribution in [0.4, 0.5) is 0 Å². The lowest BCUT2D eigenvalue weighted by molar-refractivity contribution is 0.0723. The number of carbonyl (C=O) groups is 3. The van der Waals surface area contributed by atoms with E-state index in [9.17, 15) is 14.4 Å². The van der Waals surface area contributed by atoms with E-state index in [1.165, 1.54) is 88.5 Å². The zero-order chi connectivity index (χ0) is 38.7. The Morgan fingerprint density at radius 2 is 0.764 bits per heavy atom. The first-order valence-electron chi connectivity index (χ1n) is 19.1. The van der Waals surface area contributed by atoms with Gasteiger partial charge in [-0.25, -0.2) is 14.4 Å². The molecule has 0 aromatic heterocycles. The first-order valence-corrected chi connectivity index (χ1v) is 19.1. The van der Waals surface area contributed by atoms with E-state index in [0.717, 1.165) is 23.3 Å². The van der Waals surface area contributed by atoms with Crippen molar-refractivity contribution in [3.63, 3.8) is 0 Å². The van der Waals surface area contributed by atoms with Gasteiger partial charge in [-0.05, 0) is 115 Å². The molecule has 0 amide bonds. The van der Waals surface area contributed by atoms with Gasteiger partial charge in [0.2, 0.25) is 0 Å². The Morgan fingerprint density at radius 3 is 1.18 bits per heavy atom. The van der Waals surface area contributed by atoms with Gasteiger partial charge in [0, 0.05) is 0 Å². The van der Waals surface area contributed by atoms with E-state index in [4.69, 9.17) is 24.2 Å². The average Bonchev–Trinajstić information content (AvgIpc) is 3.22. The van der Waals surface area contributed by atoms with E-state index in [2.05, 4.69) is 6.92 Å². The van der Waals surface area contributed by atoms with Crippen LogP contribution in [-0.4, -0.2) is 24.5 Å². The third-order valence-electron chi connectivity index (χ3n) is 9.12. The van der Waals surface area contributed by atoms with E-state index in [0.29, 0.717) is 34.8 Å². The number of hydrogen-bond acceptors (Lipinski definition) is 8. The number of carbonyl (C=O) groups excluding carboxylic acids is 3. The van der Waals surface area contributed by atoms with E-state index in [-0.39, 0.29) is 11.3 Å². The fraction of sp³-hybridized carbons (Fsp3) is 0.277. The van der Waals surface area contributed by atoms with Crippen LogP contribution in [0.5, 0.6) is 23.0 Å². The number of nitrogens with zero attached hydrogens (tertiary/aromatic N) is 1. The Morgan fingerprint density at radius 1 is 0.436 bits per heavy atom. The maximum Gasteiger partial charge on any atom is 0.343 e. The highest BCUT2D eigenvalue weighted by Gasteiger charge is 2.13. The Kier molecular flexibility index (Phi) is 15.6. The zero-order valence-electron chi connectivity index (χ0n) is 31.3. The predicted octanol–water partition coefficient (Wildman–Crippen LogP) is 11.6. The first kappa shape index (κ1) is 40.0. The average molecular weight is 738 g/mol. The second-order valence-corrected chi connectivity index (χ2v) is 13.3. The van der Waals surface area contributed by atoms with E-state index in [1.54, 1.807) is 84.9 Å². The van der Waals surface area contributed by atoms with Gasteiger partial charge in [-0.2, -0.15) is 5.26 Å². The van der Waals surface area contributed by atoms with Crippen molar-refractivity contribution in [2.24, 2.45) is 0 Å². The Bertz CT molecular complexity index is 2000. The molecule has 0 fully saturated rings. The molecule has 282 valence electrons. The van der Waals surface area contributed by atoms with Crippen LogP contribution in [0.15, 0.2) is 121 Å². The Labute approximate surface area is 323 Å². The summed E-state index contributed by atoms with van der Waals surface area (Å²) in [5.41, 5.74) is 3.27. The number of benzene rings is 5. The molecule has 0 heterocycles. The maximum absolute atomic E-state index is 12.8. The SMILES string of the molecule is CCCCCCCCCCCCCOc1ccc(C(=O)Oc2ccc(-c3ccc(C(=O)Oc4ccc(C(=O)Oc5ccc(C#N)cc5)cc4)cc3)cc2)cc1. The minimum atomic E-state index is -0.579. The van der Waals surface area contributed by atoms with Crippen molar-refractivity contribution in [2.45, 2.75) is 77.6 Å². The molecule has 5 aromatic carbocycles. The summed E-state index contributed by atoms with van der Waals surface area (Å²) in [6.07, 6.45) is 14.2. The van der Waals surface area contributed by atoms with Gasteiger partial charge in [-0.3, -0.25) is 0 Å². The molecule has 0 saturated carbocycles. The van der Waals surface area contributed by atoms with E-state index >= 15 is 0 Å². The van der Waals surface area contributed by atoms with Gasteiger partial charge in [0.25, 0.3) is 0 Å². The van der Waals surface area contributed by atoms with Crippen molar-refractivity contribution in [3.8, 4) is 40.2 Å². The number of ether oxygens (including phenoxy) is 4. The molecule has 8 nitrogen and oxygen atoms in total. The van der Waals surface area contributed by atoms with Crippen LogP contribution in [0.2, 0.25) is 0 Å². The molecule has 0 aliphatic carbocycles. The topological polar surface area (TPSA) is 112 Å². The zero-order valence-corrected chi connectivity index (χ0v) is 31.3. The minimum absolute atomic E-state index is 0.272. The Hall–Kier alpha value is -6.20. The molecule has 0 atom stereocenters. The monoisotopic (exact) mass is 737 g/mol. The molecule has 5 aromatic rings. The van der Waals surface area contributed by atoms with Gasteiger partial charge < -0.3 is 18.9 Å². The third-order valence-corrected chi connectivity index (χ3v) is 9.12. The lowest BCUT2D eigenvalue weighted by Crippen LogP contribution is -2.10. The number of rotatable bonds is 20. The van der Waals surface area contributed by atoms with Crippen molar-refractivity contribution in [2.75, 3.05) is 6.61 Å². The second kappa shape index (κ2) is 21.5. The molecular weight excluding hydrogens is 691 g/mol. The molecular formula is C47H47NO7. The van der Waals surface area contributed by atoms with Crippen molar-refractivity contribution in [3.05, 3.63) is 144 Å². The fourth-order valence-corrected chi connectivity index (χ4v) is 5.91. The van der Waals surface area contributed by atoms with Gasteiger partial charge >= 0.3 is 17.9 Å². The maximum atomic E-state index is 12.8. The summed E-state index contributed by atoms with van der Waals surface area (Å²) in [7, 11) is 0. The first-order chi connectivity index (χ1) is 26.9.